The molecule has 19 heavy (non-hydrogen) atoms. The van der Waals surface area contributed by atoms with E-state index in [0.29, 0.717) is 0 Å². The second kappa shape index (κ2) is 6.16. The molecule has 1 rings (SSSR count). The second-order valence-corrected chi connectivity index (χ2v) is 6.46. The largest absolute Gasteiger partial charge is 0.469 e. The van der Waals surface area contributed by atoms with Crippen molar-refractivity contribution in [3.8, 4) is 0 Å². The van der Waals surface area contributed by atoms with E-state index < -0.39 is 22.0 Å². The van der Waals surface area contributed by atoms with E-state index >= 15 is 0 Å². The first-order chi connectivity index (χ1) is 8.78. The highest BCUT2D eigenvalue weighted by Gasteiger charge is 2.26. The number of benzene rings is 1. The van der Waals surface area contributed by atoms with E-state index in [9.17, 15) is 13.2 Å². The minimum Gasteiger partial charge on any atom is -0.469 e. The molecule has 106 valence electrons. The molecule has 1 unspecified atom stereocenters. The van der Waals surface area contributed by atoms with Crippen LogP contribution in [0.3, 0.4) is 0 Å². The van der Waals surface area contributed by atoms with Gasteiger partial charge in [0.25, 0.3) is 0 Å². The van der Waals surface area contributed by atoms with Crippen molar-refractivity contribution in [1.82, 2.24) is 4.31 Å². The van der Waals surface area contributed by atoms with Gasteiger partial charge in [0.2, 0.25) is 10.0 Å². The highest BCUT2D eigenvalue weighted by Crippen LogP contribution is 2.18. The molecule has 1 aromatic carbocycles. The molecule has 6 heteroatoms. The SMILES string of the molecule is COC(=O)CC(C)N(C)S(=O)(=O)c1ccc(C)cc1. The lowest BCUT2D eigenvalue weighted by molar-refractivity contribution is -0.141. The predicted molar refractivity (Wildman–Crippen MR) is 72.2 cm³/mol. The standard InChI is InChI=1S/C13H19NO4S/c1-10-5-7-12(8-6-10)19(16,17)14(3)11(2)9-13(15)18-4/h5-8,11H,9H2,1-4H3. The van der Waals surface area contributed by atoms with Crippen LogP contribution >= 0.6 is 0 Å². The number of esters is 1. The van der Waals surface area contributed by atoms with Crippen LogP contribution in [0.5, 0.6) is 0 Å². The Balaban J connectivity index is 2.93. The monoisotopic (exact) mass is 285 g/mol. The zero-order chi connectivity index (χ0) is 14.6. The van der Waals surface area contributed by atoms with Crippen molar-refractivity contribution in [3.05, 3.63) is 29.8 Å². The molecule has 0 aliphatic rings. The maximum Gasteiger partial charge on any atom is 0.307 e. The molecule has 5 nitrogen and oxygen atoms in total. The molecule has 0 saturated heterocycles. The summed E-state index contributed by atoms with van der Waals surface area (Å²) in [5, 5.41) is 0. The average Bonchev–Trinajstić information content (AvgIpc) is 2.38. The van der Waals surface area contributed by atoms with Crippen molar-refractivity contribution in [2.45, 2.75) is 31.2 Å². The van der Waals surface area contributed by atoms with Gasteiger partial charge in [-0.15, -0.1) is 0 Å². The molecule has 1 aromatic rings. The van der Waals surface area contributed by atoms with Gasteiger partial charge in [0, 0.05) is 13.1 Å². The zero-order valence-corrected chi connectivity index (χ0v) is 12.4. The minimum atomic E-state index is -3.58. The van der Waals surface area contributed by atoms with Gasteiger partial charge >= 0.3 is 5.97 Å². The molecular formula is C13H19NO4S. The summed E-state index contributed by atoms with van der Waals surface area (Å²) < 4.78 is 30.4. The minimum absolute atomic E-state index is 0.0259. The third-order valence-electron chi connectivity index (χ3n) is 3.01. The van der Waals surface area contributed by atoms with Gasteiger partial charge in [0.05, 0.1) is 18.4 Å². The van der Waals surface area contributed by atoms with Gasteiger partial charge in [0.1, 0.15) is 0 Å². The Morgan fingerprint density at radius 1 is 1.32 bits per heavy atom. The molecule has 0 radical (unpaired) electrons. The fraction of sp³-hybridized carbons (Fsp3) is 0.462. The van der Waals surface area contributed by atoms with Gasteiger partial charge in [-0.05, 0) is 26.0 Å². The molecule has 0 spiro atoms. The lowest BCUT2D eigenvalue weighted by atomic mass is 10.2. The first-order valence-electron chi connectivity index (χ1n) is 5.90. The first kappa shape index (κ1) is 15.7. The third kappa shape index (κ3) is 3.78. The maximum atomic E-state index is 12.3. The van der Waals surface area contributed by atoms with Gasteiger partial charge in [0.15, 0.2) is 0 Å². The van der Waals surface area contributed by atoms with Crippen LogP contribution in [-0.2, 0) is 19.6 Å². The molecule has 0 heterocycles. The number of hydrogen-bond acceptors (Lipinski definition) is 4. The third-order valence-corrected chi connectivity index (χ3v) is 4.99. The summed E-state index contributed by atoms with van der Waals surface area (Å²) in [4.78, 5) is 11.4. The van der Waals surface area contributed by atoms with Crippen LogP contribution in [0, 0.1) is 6.92 Å². The summed E-state index contributed by atoms with van der Waals surface area (Å²) in [6.07, 6.45) is 0.0259. The van der Waals surface area contributed by atoms with E-state index in [0.717, 1.165) is 5.56 Å². The number of carbonyl (C=O) groups excluding carboxylic acids is 1. The average molecular weight is 285 g/mol. The number of aryl methyl sites for hydroxylation is 1. The molecule has 0 amide bonds. The summed E-state index contributed by atoms with van der Waals surface area (Å²) in [6, 6.07) is 6.15. The van der Waals surface area contributed by atoms with Crippen molar-refractivity contribution in [1.29, 1.82) is 0 Å². The summed E-state index contributed by atoms with van der Waals surface area (Å²) in [6.45, 7) is 3.56. The Bertz CT molecular complexity index is 536. The van der Waals surface area contributed by atoms with E-state index in [1.54, 1.807) is 31.2 Å². The molecule has 0 bridgehead atoms. The topological polar surface area (TPSA) is 63.7 Å². The second-order valence-electron chi connectivity index (χ2n) is 4.46. The number of sulfonamides is 1. The van der Waals surface area contributed by atoms with Crippen LogP contribution in [0.4, 0.5) is 0 Å². The number of ether oxygens (including phenoxy) is 1. The molecule has 1 atom stereocenters. The molecule has 0 aromatic heterocycles. The van der Waals surface area contributed by atoms with Crippen LogP contribution in [0.1, 0.15) is 18.9 Å². The highest BCUT2D eigenvalue weighted by atomic mass is 32.2. The molecular weight excluding hydrogens is 266 g/mol. The lowest BCUT2D eigenvalue weighted by Crippen LogP contribution is -2.36. The van der Waals surface area contributed by atoms with Crippen molar-refractivity contribution in [2.75, 3.05) is 14.2 Å². The highest BCUT2D eigenvalue weighted by molar-refractivity contribution is 7.89. The fourth-order valence-electron chi connectivity index (χ4n) is 1.57. The number of nitrogens with zero attached hydrogens (tertiary/aromatic N) is 1. The van der Waals surface area contributed by atoms with E-state index in [-0.39, 0.29) is 11.3 Å². The van der Waals surface area contributed by atoms with Gasteiger partial charge in [-0.3, -0.25) is 4.79 Å². The van der Waals surface area contributed by atoms with Gasteiger partial charge in [-0.25, -0.2) is 8.42 Å². The van der Waals surface area contributed by atoms with E-state index in [1.807, 2.05) is 6.92 Å². The summed E-state index contributed by atoms with van der Waals surface area (Å²) >= 11 is 0. The lowest BCUT2D eigenvalue weighted by Gasteiger charge is -2.23. The van der Waals surface area contributed by atoms with Crippen molar-refractivity contribution in [3.63, 3.8) is 0 Å². The Hall–Kier alpha value is -1.40. The Labute approximate surface area is 114 Å². The van der Waals surface area contributed by atoms with Crippen molar-refractivity contribution < 1.29 is 17.9 Å². The van der Waals surface area contributed by atoms with Crippen LogP contribution in [0.25, 0.3) is 0 Å². The van der Waals surface area contributed by atoms with Gasteiger partial charge in [-0.2, -0.15) is 4.31 Å². The van der Waals surface area contributed by atoms with Gasteiger partial charge in [-0.1, -0.05) is 17.7 Å². The quantitative estimate of drug-likeness (QED) is 0.770. The Morgan fingerprint density at radius 3 is 2.32 bits per heavy atom. The van der Waals surface area contributed by atoms with Crippen LogP contribution in [0.15, 0.2) is 29.2 Å². The van der Waals surface area contributed by atoms with Crippen LogP contribution < -0.4 is 0 Å². The summed E-state index contributed by atoms with van der Waals surface area (Å²) in [7, 11) is -0.841. The van der Waals surface area contributed by atoms with E-state index in [2.05, 4.69) is 4.74 Å². The molecule has 0 N–H and O–H groups in total. The van der Waals surface area contributed by atoms with E-state index in [4.69, 9.17) is 0 Å². The number of hydrogen-bond donors (Lipinski definition) is 0. The zero-order valence-electron chi connectivity index (χ0n) is 11.6. The van der Waals surface area contributed by atoms with E-state index in [1.165, 1.54) is 18.5 Å². The van der Waals surface area contributed by atoms with Crippen molar-refractivity contribution in [2.24, 2.45) is 0 Å². The number of methoxy groups -OCH3 is 1. The van der Waals surface area contributed by atoms with Gasteiger partial charge < -0.3 is 4.74 Å². The summed E-state index contributed by atoms with van der Waals surface area (Å²) in [5.41, 5.74) is 0.990. The molecule has 0 fully saturated rings. The molecule has 0 aliphatic carbocycles. The normalized spacial score (nSPS) is 13.3. The first-order valence-corrected chi connectivity index (χ1v) is 7.34. The molecule has 0 aliphatic heterocycles. The Kier molecular flexibility index (Phi) is 5.08. The Morgan fingerprint density at radius 2 is 1.84 bits per heavy atom. The van der Waals surface area contributed by atoms with Crippen molar-refractivity contribution >= 4 is 16.0 Å². The number of carbonyl (C=O) groups is 1. The van der Waals surface area contributed by atoms with Crippen LogP contribution in [0.2, 0.25) is 0 Å². The smallest absolute Gasteiger partial charge is 0.307 e. The summed E-state index contributed by atoms with van der Waals surface area (Å²) in [5.74, 6) is -0.432. The fourth-order valence-corrected chi connectivity index (χ4v) is 2.93. The maximum absolute atomic E-state index is 12.3. The molecule has 0 saturated carbocycles. The van der Waals surface area contributed by atoms with Crippen LogP contribution in [-0.4, -0.2) is 38.9 Å². The number of rotatable bonds is 5. The predicted octanol–water partition coefficient (Wildman–Crippen LogP) is 1.57.